The number of carboxylic acids is 1. The lowest BCUT2D eigenvalue weighted by Gasteiger charge is -2.36. The fourth-order valence-corrected chi connectivity index (χ4v) is 5.42. The Hall–Kier alpha value is -2.92. The van der Waals surface area contributed by atoms with Crippen molar-refractivity contribution in [2.45, 2.75) is 43.6 Å². The topological polar surface area (TPSA) is 132 Å². The Balaban J connectivity index is 1.74. The summed E-state index contributed by atoms with van der Waals surface area (Å²) < 4.78 is 18.3. The van der Waals surface area contributed by atoms with Crippen LogP contribution in [0.2, 0.25) is 0 Å². The molecule has 2 aliphatic heterocycles. The Labute approximate surface area is 194 Å². The van der Waals surface area contributed by atoms with Crippen LogP contribution in [0.15, 0.2) is 23.0 Å². The van der Waals surface area contributed by atoms with E-state index in [0.29, 0.717) is 30.2 Å². The van der Waals surface area contributed by atoms with Crippen molar-refractivity contribution in [1.82, 2.24) is 9.78 Å². The molecule has 2 atom stereocenters. The van der Waals surface area contributed by atoms with Gasteiger partial charge in [-0.1, -0.05) is 6.07 Å². The lowest BCUT2D eigenvalue weighted by Crippen LogP contribution is -2.36. The van der Waals surface area contributed by atoms with E-state index in [4.69, 9.17) is 19.3 Å². The highest BCUT2D eigenvalue weighted by Gasteiger charge is 2.36. The number of carboxylic acid groups (broad SMARTS) is 1. The summed E-state index contributed by atoms with van der Waals surface area (Å²) in [6.07, 6.45) is 1.42. The number of H-pyrrole nitrogens is 1. The molecule has 1 fully saturated rings. The molecule has 1 saturated heterocycles. The number of hydrogen-bond acceptors (Lipinski definition) is 7. The maximum Gasteiger partial charge on any atom is 0.341 e. The summed E-state index contributed by atoms with van der Waals surface area (Å²) in [5.41, 5.74) is 0.613. The molecular formula is C22H27N3O7S. The summed E-state index contributed by atoms with van der Waals surface area (Å²) in [4.78, 5) is 36.5. The molecule has 3 heterocycles. The minimum atomic E-state index is -1.10. The van der Waals surface area contributed by atoms with Gasteiger partial charge in [0.15, 0.2) is 18.1 Å². The van der Waals surface area contributed by atoms with Gasteiger partial charge in [-0.15, -0.1) is 11.8 Å². The normalized spacial score (nSPS) is 22.1. The van der Waals surface area contributed by atoms with Crippen molar-refractivity contribution in [2.75, 3.05) is 31.4 Å². The lowest BCUT2D eigenvalue weighted by molar-refractivity contribution is -0.139. The van der Waals surface area contributed by atoms with Crippen LogP contribution >= 0.6 is 11.8 Å². The van der Waals surface area contributed by atoms with Crippen LogP contribution in [0, 0.1) is 0 Å². The zero-order valence-electron chi connectivity index (χ0n) is 18.7. The first-order valence-corrected chi connectivity index (χ1v) is 11.7. The fourth-order valence-electron chi connectivity index (χ4n) is 4.31. The van der Waals surface area contributed by atoms with Gasteiger partial charge in [0.2, 0.25) is 5.91 Å². The largest absolute Gasteiger partial charge is 0.493 e. The van der Waals surface area contributed by atoms with Crippen molar-refractivity contribution < 1.29 is 28.9 Å². The molecule has 2 aromatic rings. The van der Waals surface area contributed by atoms with Gasteiger partial charge in [0.05, 0.1) is 35.3 Å². The van der Waals surface area contributed by atoms with Crippen LogP contribution in [0.5, 0.6) is 11.5 Å². The number of benzene rings is 1. The van der Waals surface area contributed by atoms with Gasteiger partial charge in [0.1, 0.15) is 5.82 Å². The molecule has 0 radical (unpaired) electrons. The summed E-state index contributed by atoms with van der Waals surface area (Å²) in [7, 11) is 1.46. The zero-order valence-corrected chi connectivity index (χ0v) is 19.5. The predicted molar refractivity (Wildman–Crippen MR) is 122 cm³/mol. The molecular weight excluding hydrogens is 450 g/mol. The van der Waals surface area contributed by atoms with Crippen LogP contribution in [0.1, 0.15) is 49.1 Å². The number of carbonyl (C=O) groups excluding carboxylic acids is 1. The SMILES string of the molecule is COc1cc([C@H]2SCC(=O)Nc3c2c(=O)[nH]n3[C@@H]2CCOC(C)(C)C2)ccc1OCC(=O)O. The smallest absolute Gasteiger partial charge is 0.341 e. The van der Waals surface area contributed by atoms with E-state index in [9.17, 15) is 14.4 Å². The summed E-state index contributed by atoms with van der Waals surface area (Å²) >= 11 is 1.34. The highest BCUT2D eigenvalue weighted by Crippen LogP contribution is 2.44. The second-order valence-corrected chi connectivity index (χ2v) is 9.75. The standard InChI is InChI=1S/C22H27N3O7S/c1-22(2)9-13(6-7-32-22)25-20-18(21(29)24-25)19(33-11-16(26)23-20)12-4-5-14(15(8-12)30-3)31-10-17(27)28/h4-5,8,13,19H,6-7,9-11H2,1-3H3,(H,23,26)(H,24,29)(H,27,28)/t13-,19-/m1/s1. The molecule has 0 saturated carbocycles. The number of nitrogens with zero attached hydrogens (tertiary/aromatic N) is 1. The molecule has 178 valence electrons. The van der Waals surface area contributed by atoms with Crippen molar-refractivity contribution in [3.05, 3.63) is 39.7 Å². The van der Waals surface area contributed by atoms with Crippen LogP contribution in [0.3, 0.4) is 0 Å². The first-order valence-electron chi connectivity index (χ1n) is 10.6. The fraction of sp³-hybridized carbons (Fsp3) is 0.500. The molecule has 2 aliphatic rings. The van der Waals surface area contributed by atoms with E-state index >= 15 is 0 Å². The Kier molecular flexibility index (Phi) is 6.44. The number of hydrogen-bond donors (Lipinski definition) is 3. The Morgan fingerprint density at radius 2 is 2.12 bits per heavy atom. The van der Waals surface area contributed by atoms with Gasteiger partial charge in [-0.3, -0.25) is 19.4 Å². The van der Waals surface area contributed by atoms with Crippen molar-refractivity contribution in [3.63, 3.8) is 0 Å². The first-order chi connectivity index (χ1) is 15.7. The monoisotopic (exact) mass is 477 g/mol. The molecule has 33 heavy (non-hydrogen) atoms. The number of thioether (sulfide) groups is 1. The minimum Gasteiger partial charge on any atom is -0.493 e. The maximum atomic E-state index is 13.1. The molecule has 0 unspecified atom stereocenters. The quantitative estimate of drug-likeness (QED) is 0.578. The average Bonchev–Trinajstić information content (AvgIpc) is 2.96. The predicted octanol–water partition coefficient (Wildman–Crippen LogP) is 2.55. The molecule has 1 amide bonds. The van der Waals surface area contributed by atoms with Crippen LogP contribution in [-0.4, -0.2) is 58.4 Å². The van der Waals surface area contributed by atoms with Crippen LogP contribution in [-0.2, 0) is 14.3 Å². The number of aromatic amines is 1. The third-order valence-corrected chi connectivity index (χ3v) is 7.01. The van der Waals surface area contributed by atoms with E-state index in [0.717, 1.165) is 12.0 Å². The number of aliphatic carboxylic acids is 1. The van der Waals surface area contributed by atoms with Crippen molar-refractivity contribution in [2.24, 2.45) is 0 Å². The third-order valence-electron chi connectivity index (χ3n) is 5.74. The van der Waals surface area contributed by atoms with Gasteiger partial charge in [-0.25, -0.2) is 4.79 Å². The molecule has 10 nitrogen and oxygen atoms in total. The van der Waals surface area contributed by atoms with Gasteiger partial charge in [0.25, 0.3) is 5.56 Å². The van der Waals surface area contributed by atoms with Gasteiger partial charge in [-0.2, -0.15) is 0 Å². The highest BCUT2D eigenvalue weighted by molar-refractivity contribution is 8.00. The van der Waals surface area contributed by atoms with Gasteiger partial charge in [0, 0.05) is 6.61 Å². The lowest BCUT2D eigenvalue weighted by atomic mass is 9.94. The Bertz CT molecular complexity index is 1120. The van der Waals surface area contributed by atoms with E-state index in [1.807, 2.05) is 13.8 Å². The molecule has 0 spiro atoms. The van der Waals surface area contributed by atoms with E-state index in [2.05, 4.69) is 10.4 Å². The van der Waals surface area contributed by atoms with E-state index in [-0.39, 0.29) is 34.6 Å². The number of anilines is 1. The second kappa shape index (κ2) is 9.14. The molecule has 11 heteroatoms. The average molecular weight is 478 g/mol. The molecule has 0 aliphatic carbocycles. The molecule has 4 rings (SSSR count). The Morgan fingerprint density at radius 1 is 1.33 bits per heavy atom. The van der Waals surface area contributed by atoms with Crippen LogP contribution in [0.25, 0.3) is 0 Å². The summed E-state index contributed by atoms with van der Waals surface area (Å²) in [5, 5.41) is 14.3. The second-order valence-electron chi connectivity index (χ2n) is 8.66. The van der Waals surface area contributed by atoms with E-state index < -0.39 is 17.8 Å². The van der Waals surface area contributed by atoms with E-state index in [1.54, 1.807) is 22.9 Å². The summed E-state index contributed by atoms with van der Waals surface area (Å²) in [6, 6.07) is 5.06. The van der Waals surface area contributed by atoms with Crippen molar-refractivity contribution >= 4 is 29.5 Å². The number of fused-ring (bicyclic) bond motifs is 1. The number of ether oxygens (including phenoxy) is 3. The molecule has 1 aromatic carbocycles. The number of carbonyl (C=O) groups is 2. The van der Waals surface area contributed by atoms with Crippen LogP contribution in [0.4, 0.5) is 5.82 Å². The highest BCUT2D eigenvalue weighted by atomic mass is 32.2. The van der Waals surface area contributed by atoms with Gasteiger partial charge < -0.3 is 24.6 Å². The number of methoxy groups -OCH3 is 1. The molecule has 0 bridgehead atoms. The molecule has 3 N–H and O–H groups in total. The Morgan fingerprint density at radius 3 is 2.82 bits per heavy atom. The molecule has 1 aromatic heterocycles. The first kappa shape index (κ1) is 23.2. The number of rotatable bonds is 6. The summed E-state index contributed by atoms with van der Waals surface area (Å²) in [6.45, 7) is 4.09. The van der Waals surface area contributed by atoms with E-state index in [1.165, 1.54) is 18.9 Å². The van der Waals surface area contributed by atoms with Crippen molar-refractivity contribution in [3.8, 4) is 11.5 Å². The number of amides is 1. The van der Waals surface area contributed by atoms with Gasteiger partial charge in [-0.05, 0) is 44.4 Å². The summed E-state index contributed by atoms with van der Waals surface area (Å²) in [5.74, 6) is 0.00877. The van der Waals surface area contributed by atoms with Gasteiger partial charge >= 0.3 is 5.97 Å². The number of nitrogens with one attached hydrogen (secondary N) is 2. The zero-order chi connectivity index (χ0) is 23.8. The van der Waals surface area contributed by atoms with Crippen molar-refractivity contribution in [1.29, 1.82) is 0 Å². The number of aromatic nitrogens is 2. The van der Waals surface area contributed by atoms with Crippen LogP contribution < -0.4 is 20.3 Å². The minimum absolute atomic E-state index is 0.0180. The third kappa shape index (κ3) is 4.88. The maximum absolute atomic E-state index is 13.1.